The van der Waals surface area contributed by atoms with E-state index < -0.39 is 11.7 Å². The number of benzene rings is 3. The summed E-state index contributed by atoms with van der Waals surface area (Å²) in [5.41, 5.74) is 1.88. The lowest BCUT2D eigenvalue weighted by molar-refractivity contribution is -0.138. The number of fused-ring (bicyclic) bond motifs is 3. The molecule has 0 saturated heterocycles. The van der Waals surface area contributed by atoms with Gasteiger partial charge in [0.25, 0.3) is 0 Å². The standard InChI is InChI=1S/C21H14F3N5/c22-21(23,24)17-10-3-1-6-13(17)12-29-18-11-4-2-7-14(18)15-8-5-9-16(19(15)29)20-25-27-28-26-20/h1-11H,12H2,(H,25,26,27,28). The van der Waals surface area contributed by atoms with Crippen molar-refractivity contribution >= 4 is 21.8 Å². The van der Waals surface area contributed by atoms with Crippen molar-refractivity contribution in [2.45, 2.75) is 12.7 Å². The lowest BCUT2D eigenvalue weighted by Gasteiger charge is -2.15. The molecule has 29 heavy (non-hydrogen) atoms. The van der Waals surface area contributed by atoms with Crippen LogP contribution in [0.3, 0.4) is 0 Å². The minimum atomic E-state index is -4.42. The minimum Gasteiger partial charge on any atom is -0.335 e. The summed E-state index contributed by atoms with van der Waals surface area (Å²) in [4.78, 5) is 0. The second-order valence-electron chi connectivity index (χ2n) is 6.70. The monoisotopic (exact) mass is 393 g/mol. The van der Waals surface area contributed by atoms with Crippen LogP contribution in [-0.2, 0) is 12.7 Å². The van der Waals surface area contributed by atoms with Gasteiger partial charge in [0.05, 0.1) is 11.1 Å². The van der Waals surface area contributed by atoms with Gasteiger partial charge in [0.1, 0.15) is 0 Å². The molecular formula is C21H14F3N5. The highest BCUT2D eigenvalue weighted by Crippen LogP contribution is 2.37. The molecule has 2 heterocycles. The Morgan fingerprint density at radius 2 is 1.62 bits per heavy atom. The molecule has 0 atom stereocenters. The van der Waals surface area contributed by atoms with Crippen LogP contribution in [0.4, 0.5) is 13.2 Å². The summed E-state index contributed by atoms with van der Waals surface area (Å²) in [5, 5.41) is 16.1. The number of H-pyrrole nitrogens is 1. The number of halogens is 3. The maximum Gasteiger partial charge on any atom is 0.416 e. The van der Waals surface area contributed by atoms with Crippen LogP contribution in [-0.4, -0.2) is 25.2 Å². The van der Waals surface area contributed by atoms with Crippen molar-refractivity contribution in [3.8, 4) is 11.4 Å². The van der Waals surface area contributed by atoms with E-state index in [1.54, 1.807) is 6.07 Å². The highest BCUT2D eigenvalue weighted by Gasteiger charge is 2.33. The first-order valence-corrected chi connectivity index (χ1v) is 8.93. The van der Waals surface area contributed by atoms with Gasteiger partial charge in [-0.15, -0.1) is 10.2 Å². The lowest BCUT2D eigenvalue weighted by atomic mass is 10.1. The molecule has 5 aromatic rings. The molecule has 0 unspecified atom stereocenters. The topological polar surface area (TPSA) is 59.4 Å². The van der Waals surface area contributed by atoms with Gasteiger partial charge in [0, 0.05) is 28.4 Å². The SMILES string of the molecule is FC(F)(F)c1ccccc1Cn1c2ccccc2c2cccc(-c3nn[nH]n3)c21. The van der Waals surface area contributed by atoms with Gasteiger partial charge in [-0.1, -0.05) is 48.5 Å². The third-order valence-corrected chi connectivity index (χ3v) is 5.03. The number of nitrogens with zero attached hydrogens (tertiary/aromatic N) is 4. The van der Waals surface area contributed by atoms with Crippen LogP contribution in [0.1, 0.15) is 11.1 Å². The van der Waals surface area contributed by atoms with Crippen LogP contribution in [0.5, 0.6) is 0 Å². The Morgan fingerprint density at radius 3 is 2.41 bits per heavy atom. The van der Waals surface area contributed by atoms with E-state index in [0.717, 1.165) is 27.9 Å². The number of aromatic nitrogens is 5. The number of alkyl halides is 3. The van der Waals surface area contributed by atoms with Crippen LogP contribution in [0, 0.1) is 0 Å². The fraction of sp³-hybridized carbons (Fsp3) is 0.0952. The van der Waals surface area contributed by atoms with Crippen molar-refractivity contribution in [1.29, 1.82) is 0 Å². The van der Waals surface area contributed by atoms with Crippen molar-refractivity contribution in [2.75, 3.05) is 0 Å². The molecule has 8 heteroatoms. The molecule has 0 radical (unpaired) electrons. The molecule has 0 amide bonds. The smallest absolute Gasteiger partial charge is 0.335 e. The molecule has 5 nitrogen and oxygen atoms in total. The fourth-order valence-corrected chi connectivity index (χ4v) is 3.83. The number of tetrazole rings is 1. The fourth-order valence-electron chi connectivity index (χ4n) is 3.83. The number of aromatic amines is 1. The Kier molecular flexibility index (Phi) is 3.87. The van der Waals surface area contributed by atoms with E-state index in [-0.39, 0.29) is 12.1 Å². The van der Waals surface area contributed by atoms with E-state index in [0.29, 0.717) is 11.4 Å². The Hall–Kier alpha value is -3.68. The third kappa shape index (κ3) is 2.84. The van der Waals surface area contributed by atoms with Crippen LogP contribution >= 0.6 is 0 Å². The van der Waals surface area contributed by atoms with Gasteiger partial charge in [-0.25, -0.2) is 0 Å². The molecule has 144 valence electrons. The summed E-state index contributed by atoms with van der Waals surface area (Å²) in [6.07, 6.45) is -4.42. The van der Waals surface area contributed by atoms with Crippen molar-refractivity contribution in [1.82, 2.24) is 25.2 Å². The molecule has 0 fully saturated rings. The molecule has 0 aliphatic rings. The second kappa shape index (κ2) is 6.44. The molecule has 2 aromatic heterocycles. The summed E-state index contributed by atoms with van der Waals surface area (Å²) >= 11 is 0. The maximum absolute atomic E-state index is 13.6. The Labute approximate surface area is 162 Å². The largest absolute Gasteiger partial charge is 0.416 e. The summed E-state index contributed by atoms with van der Waals surface area (Å²) < 4.78 is 42.6. The van der Waals surface area contributed by atoms with E-state index in [1.165, 1.54) is 12.1 Å². The summed E-state index contributed by atoms with van der Waals surface area (Å²) in [7, 11) is 0. The van der Waals surface area contributed by atoms with E-state index >= 15 is 0 Å². The minimum absolute atomic E-state index is 0.0640. The number of hydrogen-bond acceptors (Lipinski definition) is 3. The molecule has 0 aliphatic heterocycles. The van der Waals surface area contributed by atoms with Gasteiger partial charge >= 0.3 is 6.18 Å². The van der Waals surface area contributed by atoms with Crippen molar-refractivity contribution in [3.63, 3.8) is 0 Å². The molecule has 0 aliphatic carbocycles. The van der Waals surface area contributed by atoms with Crippen molar-refractivity contribution in [2.24, 2.45) is 0 Å². The Bertz CT molecular complexity index is 1320. The van der Waals surface area contributed by atoms with Crippen molar-refractivity contribution < 1.29 is 13.2 Å². The zero-order chi connectivity index (χ0) is 20.0. The first-order chi connectivity index (χ1) is 14.0. The van der Waals surface area contributed by atoms with Gasteiger partial charge in [-0.2, -0.15) is 18.4 Å². The molecule has 3 aromatic carbocycles. The Morgan fingerprint density at radius 1 is 0.862 bits per heavy atom. The first kappa shape index (κ1) is 17.4. The quantitative estimate of drug-likeness (QED) is 0.467. The van der Waals surface area contributed by atoms with Gasteiger partial charge in [0.2, 0.25) is 5.82 Å². The van der Waals surface area contributed by atoms with Crippen molar-refractivity contribution in [3.05, 3.63) is 77.9 Å². The molecule has 0 spiro atoms. The summed E-state index contributed by atoms with van der Waals surface area (Å²) in [6.45, 7) is 0.0640. The van der Waals surface area contributed by atoms with Gasteiger partial charge in [-0.3, -0.25) is 0 Å². The van der Waals surface area contributed by atoms with Crippen LogP contribution < -0.4 is 0 Å². The molecular weight excluding hydrogens is 379 g/mol. The predicted octanol–water partition coefficient (Wildman–Crippen LogP) is 5.04. The van der Waals surface area contributed by atoms with Gasteiger partial charge < -0.3 is 4.57 Å². The number of hydrogen-bond donors (Lipinski definition) is 1. The van der Waals surface area contributed by atoms with E-state index in [4.69, 9.17) is 0 Å². The zero-order valence-corrected chi connectivity index (χ0v) is 15.0. The highest BCUT2D eigenvalue weighted by molar-refractivity contribution is 6.12. The van der Waals surface area contributed by atoms with E-state index in [1.807, 2.05) is 47.0 Å². The molecule has 0 saturated carbocycles. The summed E-state index contributed by atoms with van der Waals surface area (Å²) in [5.74, 6) is 0.392. The number of nitrogens with one attached hydrogen (secondary N) is 1. The normalized spacial score (nSPS) is 12.1. The number of para-hydroxylation sites is 2. The lowest BCUT2D eigenvalue weighted by Crippen LogP contribution is -2.11. The summed E-state index contributed by atoms with van der Waals surface area (Å²) in [6, 6.07) is 19.0. The molecule has 5 rings (SSSR count). The van der Waals surface area contributed by atoms with Crippen LogP contribution in [0.15, 0.2) is 66.7 Å². The van der Waals surface area contributed by atoms with Crippen LogP contribution in [0.25, 0.3) is 33.2 Å². The average molecular weight is 393 g/mol. The van der Waals surface area contributed by atoms with E-state index in [2.05, 4.69) is 20.6 Å². The number of rotatable bonds is 3. The van der Waals surface area contributed by atoms with Crippen LogP contribution in [0.2, 0.25) is 0 Å². The average Bonchev–Trinajstić information content (AvgIpc) is 3.35. The highest BCUT2D eigenvalue weighted by atomic mass is 19.4. The van der Waals surface area contributed by atoms with Gasteiger partial charge in [-0.05, 0) is 29.0 Å². The third-order valence-electron chi connectivity index (χ3n) is 5.03. The Balaban J connectivity index is 1.82. The zero-order valence-electron chi connectivity index (χ0n) is 15.0. The molecule has 0 bridgehead atoms. The first-order valence-electron chi connectivity index (χ1n) is 8.93. The van der Waals surface area contributed by atoms with Gasteiger partial charge in [0.15, 0.2) is 0 Å². The molecule has 1 N–H and O–H groups in total. The maximum atomic E-state index is 13.6. The van der Waals surface area contributed by atoms with E-state index in [9.17, 15) is 13.2 Å². The predicted molar refractivity (Wildman–Crippen MR) is 103 cm³/mol. The second-order valence-corrected chi connectivity index (χ2v) is 6.70.